The summed E-state index contributed by atoms with van der Waals surface area (Å²) in [6.07, 6.45) is 1.08. The van der Waals surface area contributed by atoms with Crippen LogP contribution in [0.2, 0.25) is 0 Å². The van der Waals surface area contributed by atoms with E-state index in [-0.39, 0.29) is 30.4 Å². The molecular weight excluding hydrogens is 416 g/mol. The predicted molar refractivity (Wildman–Crippen MR) is 130 cm³/mol. The molecule has 0 aliphatic heterocycles. The van der Waals surface area contributed by atoms with Crippen LogP contribution in [-0.4, -0.2) is 24.2 Å². The molecule has 0 saturated carbocycles. The minimum atomic E-state index is -0.263. The molecule has 33 heavy (non-hydrogen) atoms. The third-order valence-electron chi connectivity index (χ3n) is 5.03. The van der Waals surface area contributed by atoms with Crippen LogP contribution in [0.15, 0.2) is 72.8 Å². The number of hydrogen-bond donors (Lipinski definition) is 2. The molecule has 0 atom stereocenters. The normalized spacial score (nSPS) is 10.4. The van der Waals surface area contributed by atoms with E-state index < -0.39 is 0 Å². The zero-order valence-electron chi connectivity index (χ0n) is 18.9. The number of nitrogens with one attached hydrogen (secondary N) is 2. The van der Waals surface area contributed by atoms with Gasteiger partial charge in [-0.3, -0.25) is 14.4 Å². The number of Topliss-reactive ketones (excluding diaryl/α,β-unsaturated/α-hetero) is 1. The summed E-state index contributed by atoms with van der Waals surface area (Å²) in [4.78, 5) is 37.3. The first-order valence-corrected chi connectivity index (χ1v) is 11.0. The number of ether oxygens (including phenoxy) is 1. The highest BCUT2D eigenvalue weighted by molar-refractivity contribution is 6.05. The topological polar surface area (TPSA) is 84.5 Å². The quantitative estimate of drug-likeness (QED) is 0.397. The highest BCUT2D eigenvalue weighted by Crippen LogP contribution is 2.22. The van der Waals surface area contributed by atoms with Gasteiger partial charge in [-0.2, -0.15) is 0 Å². The molecule has 2 amide bonds. The van der Waals surface area contributed by atoms with Crippen molar-refractivity contribution in [2.75, 3.05) is 17.2 Å². The molecule has 0 aliphatic carbocycles. The minimum Gasteiger partial charge on any atom is -0.494 e. The first kappa shape index (κ1) is 23.7. The van der Waals surface area contributed by atoms with Gasteiger partial charge in [-0.1, -0.05) is 31.2 Å². The second-order valence-corrected chi connectivity index (χ2v) is 7.69. The third-order valence-corrected chi connectivity index (χ3v) is 5.03. The minimum absolute atomic E-state index is 0.0625. The van der Waals surface area contributed by atoms with Crippen molar-refractivity contribution < 1.29 is 19.1 Å². The molecule has 0 saturated heterocycles. The fourth-order valence-corrected chi connectivity index (χ4v) is 3.17. The Morgan fingerprint density at radius 2 is 1.55 bits per heavy atom. The van der Waals surface area contributed by atoms with Crippen molar-refractivity contribution in [3.63, 3.8) is 0 Å². The van der Waals surface area contributed by atoms with Crippen molar-refractivity contribution in [3.05, 3.63) is 89.5 Å². The first-order chi connectivity index (χ1) is 16.0. The highest BCUT2D eigenvalue weighted by atomic mass is 16.5. The Bertz CT molecular complexity index is 1110. The SMILES string of the molecule is CCCOc1ccc(C(=O)CCC(=O)Nc2cc(NC(=O)c3ccccc3)ccc2C)cc1. The summed E-state index contributed by atoms with van der Waals surface area (Å²) in [6.45, 7) is 4.53. The van der Waals surface area contributed by atoms with E-state index in [1.165, 1.54) is 0 Å². The maximum atomic E-state index is 12.5. The van der Waals surface area contributed by atoms with Gasteiger partial charge in [0.15, 0.2) is 5.78 Å². The number of aryl methyl sites for hydroxylation is 1. The number of anilines is 2. The number of carbonyl (C=O) groups is 3. The number of hydrogen-bond acceptors (Lipinski definition) is 4. The van der Waals surface area contributed by atoms with Gasteiger partial charge in [0.2, 0.25) is 5.91 Å². The van der Waals surface area contributed by atoms with Gasteiger partial charge in [-0.15, -0.1) is 0 Å². The predicted octanol–water partition coefficient (Wildman–Crippen LogP) is 5.64. The van der Waals surface area contributed by atoms with Crippen LogP contribution in [0.4, 0.5) is 11.4 Å². The number of benzene rings is 3. The van der Waals surface area contributed by atoms with Gasteiger partial charge in [0.05, 0.1) is 6.61 Å². The van der Waals surface area contributed by atoms with Gasteiger partial charge < -0.3 is 15.4 Å². The van der Waals surface area contributed by atoms with Crippen LogP contribution in [0.1, 0.15) is 52.5 Å². The van der Waals surface area contributed by atoms with E-state index in [2.05, 4.69) is 10.6 Å². The van der Waals surface area contributed by atoms with E-state index >= 15 is 0 Å². The van der Waals surface area contributed by atoms with Gasteiger partial charge in [0, 0.05) is 35.3 Å². The smallest absolute Gasteiger partial charge is 0.255 e. The zero-order valence-corrected chi connectivity index (χ0v) is 18.9. The second-order valence-electron chi connectivity index (χ2n) is 7.69. The summed E-state index contributed by atoms with van der Waals surface area (Å²) in [6, 6.07) is 21.2. The van der Waals surface area contributed by atoms with Gasteiger partial charge in [-0.25, -0.2) is 0 Å². The molecule has 0 unspecified atom stereocenters. The van der Waals surface area contributed by atoms with Gasteiger partial charge in [0.25, 0.3) is 5.91 Å². The Morgan fingerprint density at radius 1 is 0.818 bits per heavy atom. The van der Waals surface area contributed by atoms with E-state index in [0.717, 1.165) is 17.7 Å². The lowest BCUT2D eigenvalue weighted by molar-refractivity contribution is -0.116. The lowest BCUT2D eigenvalue weighted by atomic mass is 10.1. The van der Waals surface area contributed by atoms with Crippen molar-refractivity contribution in [2.45, 2.75) is 33.1 Å². The van der Waals surface area contributed by atoms with Crippen molar-refractivity contribution in [3.8, 4) is 5.75 Å². The van der Waals surface area contributed by atoms with E-state index in [9.17, 15) is 14.4 Å². The summed E-state index contributed by atoms with van der Waals surface area (Å²) in [5.41, 5.74) is 3.12. The molecular formula is C27H28N2O4. The maximum absolute atomic E-state index is 12.5. The molecule has 0 heterocycles. The van der Waals surface area contributed by atoms with Crippen LogP contribution in [0.3, 0.4) is 0 Å². The number of rotatable bonds is 10. The summed E-state index contributed by atoms with van der Waals surface area (Å²) in [7, 11) is 0. The van der Waals surface area contributed by atoms with Crippen molar-refractivity contribution >= 4 is 29.0 Å². The standard InChI is InChI=1S/C27H28N2O4/c1-3-17-33-23-13-10-20(11-14-23)25(30)15-16-26(31)29-24-18-22(12-9-19(24)2)28-27(32)21-7-5-4-6-8-21/h4-14,18H,3,15-17H2,1-2H3,(H,28,32)(H,29,31). The van der Waals surface area contributed by atoms with E-state index in [1.807, 2.05) is 26.0 Å². The zero-order chi connectivity index (χ0) is 23.6. The molecule has 6 heteroatoms. The summed E-state index contributed by atoms with van der Waals surface area (Å²) in [5.74, 6) is 0.128. The van der Waals surface area contributed by atoms with Crippen LogP contribution in [0.25, 0.3) is 0 Å². The highest BCUT2D eigenvalue weighted by Gasteiger charge is 2.12. The molecule has 170 valence electrons. The lowest BCUT2D eigenvalue weighted by Gasteiger charge is -2.12. The first-order valence-electron chi connectivity index (χ1n) is 11.0. The molecule has 0 fully saturated rings. The number of ketones is 1. The molecule has 3 aromatic rings. The summed E-state index contributed by atoms with van der Waals surface area (Å²) < 4.78 is 5.52. The van der Waals surface area contributed by atoms with Gasteiger partial charge >= 0.3 is 0 Å². The molecule has 0 aromatic heterocycles. The molecule has 2 N–H and O–H groups in total. The largest absolute Gasteiger partial charge is 0.494 e. The van der Waals surface area contributed by atoms with Crippen molar-refractivity contribution in [1.29, 1.82) is 0 Å². The Morgan fingerprint density at radius 3 is 2.24 bits per heavy atom. The lowest BCUT2D eigenvalue weighted by Crippen LogP contribution is -2.15. The Hall–Kier alpha value is -3.93. The number of amides is 2. The fourth-order valence-electron chi connectivity index (χ4n) is 3.17. The average molecular weight is 445 g/mol. The Balaban J connectivity index is 1.54. The van der Waals surface area contributed by atoms with Crippen LogP contribution >= 0.6 is 0 Å². The molecule has 3 aromatic carbocycles. The average Bonchev–Trinajstić information content (AvgIpc) is 2.84. The second kappa shape index (κ2) is 11.6. The van der Waals surface area contributed by atoms with Crippen molar-refractivity contribution in [1.82, 2.24) is 0 Å². The van der Waals surface area contributed by atoms with Gasteiger partial charge in [-0.05, 0) is 67.4 Å². The van der Waals surface area contributed by atoms with Gasteiger partial charge in [0.1, 0.15) is 5.75 Å². The van der Waals surface area contributed by atoms with E-state index in [4.69, 9.17) is 4.74 Å². The van der Waals surface area contributed by atoms with E-state index in [0.29, 0.717) is 29.1 Å². The Kier molecular flexibility index (Phi) is 8.36. The number of carbonyl (C=O) groups excluding carboxylic acids is 3. The maximum Gasteiger partial charge on any atom is 0.255 e. The molecule has 0 aliphatic rings. The van der Waals surface area contributed by atoms with Crippen LogP contribution in [0, 0.1) is 6.92 Å². The third kappa shape index (κ3) is 7.04. The fraction of sp³-hybridized carbons (Fsp3) is 0.222. The summed E-state index contributed by atoms with van der Waals surface area (Å²) in [5, 5.41) is 5.67. The van der Waals surface area contributed by atoms with Crippen LogP contribution in [0.5, 0.6) is 5.75 Å². The molecule has 0 bridgehead atoms. The van der Waals surface area contributed by atoms with Crippen LogP contribution < -0.4 is 15.4 Å². The summed E-state index contributed by atoms with van der Waals surface area (Å²) >= 11 is 0. The molecule has 6 nitrogen and oxygen atoms in total. The molecule has 3 rings (SSSR count). The molecule has 0 spiro atoms. The van der Waals surface area contributed by atoms with E-state index in [1.54, 1.807) is 60.7 Å². The Labute approximate surface area is 194 Å². The van der Waals surface area contributed by atoms with Crippen molar-refractivity contribution in [2.24, 2.45) is 0 Å². The van der Waals surface area contributed by atoms with Crippen LogP contribution in [-0.2, 0) is 4.79 Å². The monoisotopic (exact) mass is 444 g/mol. The molecule has 0 radical (unpaired) electrons.